The van der Waals surface area contributed by atoms with Gasteiger partial charge in [0.2, 0.25) is 0 Å². The number of alkyl halides is 3. The number of amides is 1. The topological polar surface area (TPSA) is 74.1 Å². The van der Waals surface area contributed by atoms with Crippen molar-refractivity contribution in [3.8, 4) is 6.07 Å². The highest BCUT2D eigenvalue weighted by Gasteiger charge is 2.33. The molecule has 2 N–H and O–H groups in total. The molecule has 25 heavy (non-hydrogen) atoms. The Labute approximate surface area is 144 Å². The van der Waals surface area contributed by atoms with Crippen LogP contribution in [0.5, 0.6) is 0 Å². The lowest BCUT2D eigenvalue weighted by molar-refractivity contribution is -0.137. The lowest BCUT2D eigenvalue weighted by atomic mass is 10.1. The first kappa shape index (κ1) is 20.5. The molecular formula is C17H20F3N3O2. The Morgan fingerprint density at radius 3 is 2.64 bits per heavy atom. The molecule has 0 fully saturated rings. The van der Waals surface area contributed by atoms with Crippen LogP contribution in [0.15, 0.2) is 36.0 Å². The van der Waals surface area contributed by atoms with Crippen LogP contribution in [0.4, 0.5) is 18.9 Å². The van der Waals surface area contributed by atoms with E-state index < -0.39 is 23.3 Å². The van der Waals surface area contributed by atoms with Gasteiger partial charge >= 0.3 is 6.18 Å². The van der Waals surface area contributed by atoms with E-state index in [1.165, 1.54) is 18.3 Å². The van der Waals surface area contributed by atoms with E-state index in [1.807, 2.05) is 13.8 Å². The summed E-state index contributed by atoms with van der Waals surface area (Å²) >= 11 is 0. The second-order valence-corrected chi connectivity index (χ2v) is 5.39. The molecule has 0 aliphatic rings. The zero-order chi connectivity index (χ0) is 18.9. The highest BCUT2D eigenvalue weighted by Crippen LogP contribution is 2.34. The highest BCUT2D eigenvalue weighted by atomic mass is 19.4. The van der Waals surface area contributed by atoms with Gasteiger partial charge in [-0.15, -0.1) is 0 Å². The van der Waals surface area contributed by atoms with Crippen molar-refractivity contribution in [3.05, 3.63) is 41.6 Å². The predicted octanol–water partition coefficient (Wildman–Crippen LogP) is 3.46. The highest BCUT2D eigenvalue weighted by molar-refractivity contribution is 6.06. The first-order chi connectivity index (χ1) is 11.8. The summed E-state index contributed by atoms with van der Waals surface area (Å²) in [5, 5.41) is 13.9. The number of carbonyl (C=O) groups excluding carboxylic acids is 1. The average Bonchev–Trinajstić information content (AvgIpc) is 2.53. The summed E-state index contributed by atoms with van der Waals surface area (Å²) in [7, 11) is 0. The van der Waals surface area contributed by atoms with Crippen LogP contribution in [0.3, 0.4) is 0 Å². The Kier molecular flexibility index (Phi) is 7.95. The fourth-order valence-corrected chi connectivity index (χ4v) is 1.85. The van der Waals surface area contributed by atoms with Gasteiger partial charge in [0.05, 0.1) is 17.4 Å². The molecule has 5 nitrogen and oxygen atoms in total. The fraction of sp³-hybridized carbons (Fsp3) is 0.412. The molecule has 0 aliphatic carbocycles. The maximum absolute atomic E-state index is 12.9. The summed E-state index contributed by atoms with van der Waals surface area (Å²) in [6.45, 7) is 4.80. The number of para-hydroxylation sites is 1. The molecule has 0 heterocycles. The van der Waals surface area contributed by atoms with E-state index in [-0.39, 0.29) is 11.7 Å². The molecule has 1 aromatic rings. The number of rotatable bonds is 8. The molecular weight excluding hydrogens is 335 g/mol. The molecule has 0 atom stereocenters. The Morgan fingerprint density at radius 2 is 2.04 bits per heavy atom. The number of halogens is 3. The van der Waals surface area contributed by atoms with Gasteiger partial charge in [-0.1, -0.05) is 12.1 Å². The molecule has 0 unspecified atom stereocenters. The van der Waals surface area contributed by atoms with Crippen LogP contribution in [-0.4, -0.2) is 25.2 Å². The van der Waals surface area contributed by atoms with Crippen molar-refractivity contribution in [1.29, 1.82) is 5.26 Å². The number of benzene rings is 1. The summed E-state index contributed by atoms with van der Waals surface area (Å²) in [4.78, 5) is 12.0. The molecule has 1 amide bonds. The van der Waals surface area contributed by atoms with Gasteiger partial charge < -0.3 is 15.4 Å². The third-order valence-corrected chi connectivity index (χ3v) is 3.01. The maximum atomic E-state index is 12.9. The molecule has 0 saturated heterocycles. The van der Waals surface area contributed by atoms with Crippen LogP contribution in [0.2, 0.25) is 0 Å². The predicted molar refractivity (Wildman–Crippen MR) is 87.5 cm³/mol. The van der Waals surface area contributed by atoms with Crippen molar-refractivity contribution in [2.75, 3.05) is 18.5 Å². The van der Waals surface area contributed by atoms with E-state index in [0.717, 1.165) is 12.1 Å². The Hall–Kier alpha value is -2.53. The summed E-state index contributed by atoms with van der Waals surface area (Å²) < 4.78 is 44.0. The molecule has 0 saturated carbocycles. The van der Waals surface area contributed by atoms with Crippen LogP contribution in [0, 0.1) is 11.3 Å². The molecule has 1 rings (SSSR count). The molecule has 0 bridgehead atoms. The van der Waals surface area contributed by atoms with E-state index in [1.54, 1.807) is 6.07 Å². The van der Waals surface area contributed by atoms with Gasteiger partial charge in [0.1, 0.15) is 11.6 Å². The van der Waals surface area contributed by atoms with E-state index in [4.69, 9.17) is 10.00 Å². The number of carbonyl (C=O) groups is 1. The van der Waals surface area contributed by atoms with Gasteiger partial charge in [-0.2, -0.15) is 18.4 Å². The van der Waals surface area contributed by atoms with Gasteiger partial charge in [0, 0.05) is 19.4 Å². The number of hydrogen-bond donors (Lipinski definition) is 2. The van der Waals surface area contributed by atoms with Crippen molar-refractivity contribution < 1.29 is 22.7 Å². The molecule has 0 aromatic heterocycles. The Bertz CT molecular complexity index is 649. The summed E-state index contributed by atoms with van der Waals surface area (Å²) in [6, 6.07) is 6.25. The fourth-order valence-electron chi connectivity index (χ4n) is 1.85. The Balaban J connectivity index is 2.66. The summed E-state index contributed by atoms with van der Waals surface area (Å²) in [5.74, 6) is -0.912. The minimum Gasteiger partial charge on any atom is -0.390 e. The van der Waals surface area contributed by atoms with Crippen LogP contribution < -0.4 is 10.6 Å². The third kappa shape index (κ3) is 7.27. The molecule has 136 valence electrons. The minimum atomic E-state index is -4.60. The molecule has 0 aliphatic heterocycles. The van der Waals surface area contributed by atoms with Gasteiger partial charge in [-0.3, -0.25) is 4.79 Å². The standard InChI is InChI=1S/C17H20F3N3O2/c1-12(2)25-9-5-8-22-11-13(10-21)16(24)23-15-7-4-3-6-14(15)17(18,19)20/h3-4,6-7,11-12,22H,5,8-9H2,1-2H3,(H,23,24)/b13-11-. The van der Waals surface area contributed by atoms with E-state index in [9.17, 15) is 18.0 Å². The normalized spacial score (nSPS) is 12.0. The second-order valence-electron chi connectivity index (χ2n) is 5.39. The third-order valence-electron chi connectivity index (χ3n) is 3.01. The number of ether oxygens (including phenoxy) is 1. The number of anilines is 1. The average molecular weight is 355 g/mol. The summed E-state index contributed by atoms with van der Waals surface area (Å²) in [6.07, 6.45) is -2.65. The van der Waals surface area contributed by atoms with Crippen molar-refractivity contribution in [2.45, 2.75) is 32.5 Å². The zero-order valence-corrected chi connectivity index (χ0v) is 14.0. The van der Waals surface area contributed by atoms with E-state index in [2.05, 4.69) is 10.6 Å². The van der Waals surface area contributed by atoms with Crippen molar-refractivity contribution in [1.82, 2.24) is 5.32 Å². The Morgan fingerprint density at radius 1 is 1.36 bits per heavy atom. The van der Waals surface area contributed by atoms with Crippen LogP contribution in [0.1, 0.15) is 25.8 Å². The minimum absolute atomic E-state index is 0.115. The SMILES string of the molecule is CC(C)OCCCN/C=C(/C#N)C(=O)Nc1ccccc1C(F)(F)F. The van der Waals surface area contributed by atoms with Gasteiger partial charge in [0.15, 0.2) is 0 Å². The van der Waals surface area contributed by atoms with E-state index in [0.29, 0.717) is 19.6 Å². The number of nitriles is 1. The second kappa shape index (κ2) is 9.69. The van der Waals surface area contributed by atoms with Gasteiger partial charge in [0.25, 0.3) is 5.91 Å². The van der Waals surface area contributed by atoms with Crippen molar-refractivity contribution in [2.24, 2.45) is 0 Å². The molecule has 0 spiro atoms. The number of hydrogen-bond acceptors (Lipinski definition) is 4. The van der Waals surface area contributed by atoms with Gasteiger partial charge in [-0.05, 0) is 32.4 Å². The quantitative estimate of drug-likeness (QED) is 0.425. The largest absolute Gasteiger partial charge is 0.418 e. The van der Waals surface area contributed by atoms with Crippen LogP contribution >= 0.6 is 0 Å². The zero-order valence-electron chi connectivity index (χ0n) is 14.0. The molecule has 8 heteroatoms. The maximum Gasteiger partial charge on any atom is 0.418 e. The lowest BCUT2D eigenvalue weighted by Gasteiger charge is -2.13. The number of nitrogens with one attached hydrogen (secondary N) is 2. The first-order valence-corrected chi connectivity index (χ1v) is 7.68. The van der Waals surface area contributed by atoms with Crippen LogP contribution in [0.25, 0.3) is 0 Å². The smallest absolute Gasteiger partial charge is 0.390 e. The van der Waals surface area contributed by atoms with Crippen molar-refractivity contribution >= 4 is 11.6 Å². The van der Waals surface area contributed by atoms with Crippen LogP contribution in [-0.2, 0) is 15.7 Å². The van der Waals surface area contributed by atoms with Crippen molar-refractivity contribution in [3.63, 3.8) is 0 Å². The lowest BCUT2D eigenvalue weighted by Crippen LogP contribution is -2.20. The first-order valence-electron chi connectivity index (χ1n) is 7.68. The molecule has 0 radical (unpaired) electrons. The summed E-state index contributed by atoms with van der Waals surface area (Å²) in [5.41, 5.74) is -1.69. The number of nitrogens with zero attached hydrogens (tertiary/aromatic N) is 1. The van der Waals surface area contributed by atoms with Gasteiger partial charge in [-0.25, -0.2) is 0 Å². The van der Waals surface area contributed by atoms with E-state index >= 15 is 0 Å². The molecule has 1 aromatic carbocycles. The monoisotopic (exact) mass is 355 g/mol.